The van der Waals surface area contributed by atoms with E-state index in [1.807, 2.05) is 42.5 Å². The Bertz CT molecular complexity index is 3240. The van der Waals surface area contributed by atoms with Crippen molar-refractivity contribution in [3.05, 3.63) is 176 Å². The first kappa shape index (κ1) is 29.5. The van der Waals surface area contributed by atoms with Gasteiger partial charge in [0.25, 0.3) is 0 Å². The third kappa shape index (κ3) is 4.80. The molecule has 4 heteroatoms. The summed E-state index contributed by atoms with van der Waals surface area (Å²) in [4.78, 5) is 15.2. The summed E-state index contributed by atoms with van der Waals surface area (Å²) in [5.74, 6) is 1.86. The van der Waals surface area contributed by atoms with Crippen molar-refractivity contribution in [2.45, 2.75) is 0 Å². The van der Waals surface area contributed by atoms with E-state index in [-0.39, 0.29) is 0 Å². The molecule has 53 heavy (non-hydrogen) atoms. The second-order valence-electron chi connectivity index (χ2n) is 13.6. The number of hydrogen-bond donors (Lipinski definition) is 0. The van der Waals surface area contributed by atoms with Gasteiger partial charge in [0, 0.05) is 27.5 Å². The van der Waals surface area contributed by atoms with E-state index in [0.29, 0.717) is 17.5 Å². The van der Waals surface area contributed by atoms with Gasteiger partial charge < -0.3 is 4.42 Å². The monoisotopic (exact) mass is 675 g/mol. The maximum atomic E-state index is 6.64. The average molecular weight is 676 g/mol. The molecule has 0 atom stereocenters. The second kappa shape index (κ2) is 11.7. The molecule has 0 spiro atoms. The Labute approximate surface area is 304 Å². The van der Waals surface area contributed by atoms with Gasteiger partial charge in [0.1, 0.15) is 11.2 Å². The van der Waals surface area contributed by atoms with Crippen LogP contribution in [0.5, 0.6) is 0 Å². The highest BCUT2D eigenvalue weighted by atomic mass is 16.3. The molecule has 9 aromatic carbocycles. The Balaban J connectivity index is 1.10. The highest BCUT2D eigenvalue weighted by Crippen LogP contribution is 2.41. The van der Waals surface area contributed by atoms with Crippen LogP contribution in [0.2, 0.25) is 0 Å². The van der Waals surface area contributed by atoms with Crippen molar-refractivity contribution in [3.8, 4) is 45.3 Å². The normalized spacial score (nSPS) is 11.8. The van der Waals surface area contributed by atoms with Crippen molar-refractivity contribution >= 4 is 65.0 Å². The summed E-state index contributed by atoms with van der Waals surface area (Å²) in [6, 6.07) is 61.7. The maximum absolute atomic E-state index is 6.64. The quantitative estimate of drug-likeness (QED) is 0.174. The molecule has 0 amide bonds. The molecule has 11 aromatic rings. The SMILES string of the molecule is c1ccc(-c2nc(-c3ccc4ccccc4c3)nc(-c3cccc4oc5cc(-c6cccc7ccc8c9ccccc9ccc8c67)ccc5c34)n2)cc1. The molecule has 0 aliphatic carbocycles. The fourth-order valence-corrected chi connectivity index (χ4v) is 7.97. The van der Waals surface area contributed by atoms with Gasteiger partial charge in [0.15, 0.2) is 17.5 Å². The van der Waals surface area contributed by atoms with Crippen molar-refractivity contribution in [3.63, 3.8) is 0 Å². The molecule has 4 nitrogen and oxygen atoms in total. The van der Waals surface area contributed by atoms with E-state index in [0.717, 1.165) is 49.6 Å². The molecule has 0 unspecified atom stereocenters. The molecular formula is C49H29N3O. The lowest BCUT2D eigenvalue weighted by Crippen LogP contribution is -2.00. The lowest BCUT2D eigenvalue weighted by molar-refractivity contribution is 0.669. The van der Waals surface area contributed by atoms with Gasteiger partial charge in [-0.1, -0.05) is 152 Å². The minimum Gasteiger partial charge on any atom is -0.456 e. The Hall–Kier alpha value is -7.17. The molecule has 0 fully saturated rings. The predicted molar refractivity (Wildman–Crippen MR) is 219 cm³/mol. The van der Waals surface area contributed by atoms with Crippen molar-refractivity contribution in [1.82, 2.24) is 15.0 Å². The third-order valence-corrected chi connectivity index (χ3v) is 10.5. The summed E-state index contributed by atoms with van der Waals surface area (Å²) < 4.78 is 6.64. The first-order valence-electron chi connectivity index (χ1n) is 17.9. The first-order chi connectivity index (χ1) is 26.2. The van der Waals surface area contributed by atoms with Crippen LogP contribution in [0, 0.1) is 0 Å². The van der Waals surface area contributed by atoms with Crippen LogP contribution in [0.1, 0.15) is 0 Å². The summed E-state index contributed by atoms with van der Waals surface area (Å²) in [5, 5.41) is 11.8. The predicted octanol–water partition coefficient (Wildman–Crippen LogP) is 13.1. The number of furan rings is 1. The number of rotatable bonds is 4. The Kier molecular flexibility index (Phi) is 6.52. The molecule has 246 valence electrons. The molecule has 0 aliphatic heterocycles. The summed E-state index contributed by atoms with van der Waals surface area (Å²) in [7, 11) is 0. The third-order valence-electron chi connectivity index (χ3n) is 10.5. The highest BCUT2D eigenvalue weighted by molar-refractivity contribution is 6.21. The van der Waals surface area contributed by atoms with E-state index in [4.69, 9.17) is 19.4 Å². The number of benzene rings is 9. The van der Waals surface area contributed by atoms with Gasteiger partial charge in [-0.05, 0) is 78.5 Å². The lowest BCUT2D eigenvalue weighted by atomic mass is 9.91. The van der Waals surface area contributed by atoms with Gasteiger partial charge in [-0.3, -0.25) is 0 Å². The van der Waals surface area contributed by atoms with Crippen molar-refractivity contribution < 1.29 is 4.42 Å². The van der Waals surface area contributed by atoms with Gasteiger partial charge in [-0.15, -0.1) is 0 Å². The number of aromatic nitrogens is 3. The molecule has 11 rings (SSSR count). The highest BCUT2D eigenvalue weighted by Gasteiger charge is 2.19. The Morgan fingerprint density at radius 2 is 0.943 bits per heavy atom. The summed E-state index contributed by atoms with van der Waals surface area (Å²) in [5.41, 5.74) is 6.67. The minimum atomic E-state index is 0.604. The number of fused-ring (bicyclic) bond motifs is 9. The maximum Gasteiger partial charge on any atom is 0.164 e. The minimum absolute atomic E-state index is 0.604. The van der Waals surface area contributed by atoms with E-state index in [1.54, 1.807) is 0 Å². The molecule has 0 aliphatic rings. The van der Waals surface area contributed by atoms with E-state index >= 15 is 0 Å². The van der Waals surface area contributed by atoms with E-state index in [1.165, 1.54) is 43.3 Å². The molecular weight excluding hydrogens is 647 g/mol. The molecule has 0 N–H and O–H groups in total. The molecule has 0 radical (unpaired) electrons. The van der Waals surface area contributed by atoms with E-state index in [2.05, 4.69) is 133 Å². The average Bonchev–Trinajstić information content (AvgIpc) is 3.61. The molecule has 0 saturated carbocycles. The van der Waals surface area contributed by atoms with E-state index in [9.17, 15) is 0 Å². The Morgan fingerprint density at radius 1 is 0.302 bits per heavy atom. The topological polar surface area (TPSA) is 51.8 Å². The molecule has 0 bridgehead atoms. The zero-order valence-corrected chi connectivity index (χ0v) is 28.5. The van der Waals surface area contributed by atoms with Gasteiger partial charge in [-0.25, -0.2) is 15.0 Å². The Morgan fingerprint density at radius 3 is 1.85 bits per heavy atom. The zero-order chi connectivity index (χ0) is 34.9. The van der Waals surface area contributed by atoms with E-state index < -0.39 is 0 Å². The van der Waals surface area contributed by atoms with Crippen LogP contribution in [0.3, 0.4) is 0 Å². The fourth-order valence-electron chi connectivity index (χ4n) is 7.97. The van der Waals surface area contributed by atoms with Gasteiger partial charge in [0.05, 0.1) is 0 Å². The second-order valence-corrected chi connectivity index (χ2v) is 13.6. The van der Waals surface area contributed by atoms with Crippen LogP contribution in [0.15, 0.2) is 180 Å². The fraction of sp³-hybridized carbons (Fsp3) is 0. The molecule has 0 saturated heterocycles. The number of hydrogen-bond acceptors (Lipinski definition) is 4. The van der Waals surface area contributed by atoms with Crippen molar-refractivity contribution in [2.75, 3.05) is 0 Å². The number of nitrogens with zero attached hydrogens (tertiary/aromatic N) is 3. The van der Waals surface area contributed by atoms with Crippen LogP contribution >= 0.6 is 0 Å². The van der Waals surface area contributed by atoms with Gasteiger partial charge >= 0.3 is 0 Å². The van der Waals surface area contributed by atoms with Crippen LogP contribution in [-0.4, -0.2) is 15.0 Å². The first-order valence-corrected chi connectivity index (χ1v) is 17.9. The van der Waals surface area contributed by atoms with Crippen LogP contribution in [0.4, 0.5) is 0 Å². The van der Waals surface area contributed by atoms with Crippen molar-refractivity contribution in [2.24, 2.45) is 0 Å². The largest absolute Gasteiger partial charge is 0.456 e. The standard InChI is InChI=1S/C49H29N3O/c1-2-12-33(13-3-1)47-50-48(36-21-20-30-10-4-5-14-34(30)28-36)52-49(51-47)42-18-9-19-43-46(42)41-27-24-35(29-44(41)53-43)38-17-8-15-32-23-25-39-37-16-7-6-11-31(37)22-26-40(39)45(32)38/h1-29H. The summed E-state index contributed by atoms with van der Waals surface area (Å²) in [6.45, 7) is 0. The van der Waals surface area contributed by atoms with Crippen LogP contribution in [-0.2, 0) is 0 Å². The van der Waals surface area contributed by atoms with Crippen LogP contribution < -0.4 is 0 Å². The smallest absolute Gasteiger partial charge is 0.164 e. The lowest BCUT2D eigenvalue weighted by Gasteiger charge is -2.12. The molecule has 2 heterocycles. The summed E-state index contributed by atoms with van der Waals surface area (Å²) >= 11 is 0. The molecule has 2 aromatic heterocycles. The van der Waals surface area contributed by atoms with Crippen molar-refractivity contribution in [1.29, 1.82) is 0 Å². The van der Waals surface area contributed by atoms with Crippen LogP contribution in [0.25, 0.3) is 110 Å². The van der Waals surface area contributed by atoms with Gasteiger partial charge in [0.2, 0.25) is 0 Å². The summed E-state index contributed by atoms with van der Waals surface area (Å²) in [6.07, 6.45) is 0. The zero-order valence-electron chi connectivity index (χ0n) is 28.5. The van der Waals surface area contributed by atoms with Gasteiger partial charge in [-0.2, -0.15) is 0 Å².